The van der Waals surface area contributed by atoms with Gasteiger partial charge in [0.2, 0.25) is 5.91 Å². The molecule has 1 fully saturated rings. The highest BCUT2D eigenvalue weighted by molar-refractivity contribution is 8.00. The van der Waals surface area contributed by atoms with E-state index in [-0.39, 0.29) is 17.1 Å². The molecule has 6 nitrogen and oxygen atoms in total. The van der Waals surface area contributed by atoms with Crippen LogP contribution in [0.1, 0.15) is 6.42 Å². The third kappa shape index (κ3) is 4.65. The normalized spacial score (nSPS) is 19.1. The number of rotatable bonds is 6. The Morgan fingerprint density at radius 2 is 1.90 bits per heavy atom. The summed E-state index contributed by atoms with van der Waals surface area (Å²) in [5, 5.41) is 13.3. The third-order valence-corrected chi connectivity index (χ3v) is 7.16. The van der Waals surface area contributed by atoms with Crippen LogP contribution in [-0.2, 0) is 4.79 Å². The summed E-state index contributed by atoms with van der Waals surface area (Å²) in [6, 6.07) is 12.1. The highest BCUT2D eigenvalue weighted by Gasteiger charge is 2.29. The molecule has 1 atom stereocenters. The van der Waals surface area contributed by atoms with E-state index in [4.69, 9.17) is 0 Å². The second-order valence-electron chi connectivity index (χ2n) is 7.69. The molecular formula is C22H27FN4O2S. The molecule has 8 heteroatoms. The Morgan fingerprint density at radius 3 is 2.60 bits per heavy atom. The highest BCUT2D eigenvalue weighted by Crippen LogP contribution is 2.47. The fraction of sp³-hybridized carbons (Fsp3) is 0.409. The summed E-state index contributed by atoms with van der Waals surface area (Å²) < 4.78 is 13.1. The van der Waals surface area contributed by atoms with Gasteiger partial charge in [-0.1, -0.05) is 17.8 Å². The minimum atomic E-state index is -0.225. The van der Waals surface area contributed by atoms with Gasteiger partial charge in [-0.3, -0.25) is 9.69 Å². The van der Waals surface area contributed by atoms with E-state index in [1.54, 1.807) is 30.0 Å². The number of amides is 1. The number of phenols is 1. The van der Waals surface area contributed by atoms with E-state index in [1.807, 2.05) is 19.2 Å². The Hall–Kier alpha value is -2.45. The van der Waals surface area contributed by atoms with E-state index >= 15 is 0 Å². The third-order valence-electron chi connectivity index (χ3n) is 5.68. The van der Waals surface area contributed by atoms with Gasteiger partial charge in [-0.25, -0.2) is 4.39 Å². The number of nitrogens with one attached hydrogen (secondary N) is 1. The number of carbonyl (C=O) groups is 1. The van der Waals surface area contributed by atoms with E-state index in [0.29, 0.717) is 18.8 Å². The second-order valence-corrected chi connectivity index (χ2v) is 8.88. The molecule has 0 saturated carbocycles. The number of piperazine rings is 1. The van der Waals surface area contributed by atoms with Gasteiger partial charge >= 0.3 is 0 Å². The minimum Gasteiger partial charge on any atom is -0.507 e. The second kappa shape index (κ2) is 9.14. The molecule has 1 amide bonds. The molecule has 1 unspecified atom stereocenters. The topological polar surface area (TPSA) is 59.1 Å². The van der Waals surface area contributed by atoms with E-state index < -0.39 is 0 Å². The number of aromatic hydroxyl groups is 1. The lowest BCUT2D eigenvalue weighted by atomic mass is 10.2. The first kappa shape index (κ1) is 20.8. The van der Waals surface area contributed by atoms with Crippen molar-refractivity contribution in [3.8, 4) is 5.75 Å². The maximum Gasteiger partial charge on any atom is 0.234 e. The molecular weight excluding hydrogens is 403 g/mol. The largest absolute Gasteiger partial charge is 0.507 e. The van der Waals surface area contributed by atoms with Crippen molar-refractivity contribution in [1.29, 1.82) is 0 Å². The molecule has 0 aromatic heterocycles. The van der Waals surface area contributed by atoms with E-state index in [2.05, 4.69) is 20.0 Å². The molecule has 2 N–H and O–H groups in total. The zero-order valence-corrected chi connectivity index (χ0v) is 17.9. The summed E-state index contributed by atoms with van der Waals surface area (Å²) in [7, 11) is 2.02. The molecule has 2 aliphatic rings. The predicted molar refractivity (Wildman–Crippen MR) is 119 cm³/mol. The summed E-state index contributed by atoms with van der Waals surface area (Å²) in [6.45, 7) is 4.26. The molecule has 0 aliphatic carbocycles. The van der Waals surface area contributed by atoms with Crippen LogP contribution in [0.5, 0.6) is 5.75 Å². The molecule has 2 aliphatic heterocycles. The first-order valence-electron chi connectivity index (χ1n) is 10.2. The van der Waals surface area contributed by atoms with Crippen molar-refractivity contribution >= 4 is 29.0 Å². The summed E-state index contributed by atoms with van der Waals surface area (Å²) in [5.74, 6) is 0.129. The lowest BCUT2D eigenvalue weighted by Crippen LogP contribution is -2.49. The number of hydrogen-bond acceptors (Lipinski definition) is 6. The number of anilines is 2. The molecule has 2 aromatic carbocycles. The van der Waals surface area contributed by atoms with Gasteiger partial charge in [-0.15, -0.1) is 0 Å². The van der Waals surface area contributed by atoms with Crippen molar-refractivity contribution in [2.24, 2.45) is 0 Å². The van der Waals surface area contributed by atoms with Crippen LogP contribution in [0.25, 0.3) is 0 Å². The Balaban J connectivity index is 1.17. The predicted octanol–water partition coefficient (Wildman–Crippen LogP) is 2.73. The maximum atomic E-state index is 13.1. The summed E-state index contributed by atoms with van der Waals surface area (Å²) in [4.78, 5) is 19.8. The number of thioether (sulfide) groups is 1. The quantitative estimate of drug-likeness (QED) is 0.735. The smallest absolute Gasteiger partial charge is 0.234 e. The molecule has 0 spiro atoms. The van der Waals surface area contributed by atoms with Gasteiger partial charge in [-0.05, 0) is 42.8 Å². The van der Waals surface area contributed by atoms with Crippen LogP contribution in [-0.4, -0.2) is 67.6 Å². The molecule has 0 bridgehead atoms. The van der Waals surface area contributed by atoms with Crippen molar-refractivity contribution in [3.05, 3.63) is 48.3 Å². The zero-order valence-electron chi connectivity index (χ0n) is 17.1. The van der Waals surface area contributed by atoms with Crippen molar-refractivity contribution < 1.29 is 14.3 Å². The fourth-order valence-electron chi connectivity index (χ4n) is 3.94. The highest BCUT2D eigenvalue weighted by atomic mass is 32.2. The van der Waals surface area contributed by atoms with E-state index in [9.17, 15) is 14.3 Å². The van der Waals surface area contributed by atoms with Crippen LogP contribution in [0.15, 0.2) is 47.4 Å². The van der Waals surface area contributed by atoms with Gasteiger partial charge in [0.1, 0.15) is 11.6 Å². The minimum absolute atomic E-state index is 0.0382. The SMILES string of the molecule is CN1c2cccc(O)c2SC1CCNC(=O)CN1CCN(c2ccc(F)cc2)CC1. The van der Waals surface area contributed by atoms with Crippen LogP contribution in [0.3, 0.4) is 0 Å². The average Bonchev–Trinajstić information content (AvgIpc) is 3.06. The summed E-state index contributed by atoms with van der Waals surface area (Å²) in [5.41, 5.74) is 2.06. The first-order valence-corrected chi connectivity index (χ1v) is 11.1. The molecule has 30 heavy (non-hydrogen) atoms. The number of nitrogens with zero attached hydrogens (tertiary/aromatic N) is 3. The maximum absolute atomic E-state index is 13.1. The number of fused-ring (bicyclic) bond motifs is 1. The van der Waals surface area contributed by atoms with Crippen LogP contribution in [0.4, 0.5) is 15.8 Å². The average molecular weight is 431 g/mol. The number of hydrogen-bond donors (Lipinski definition) is 2. The van der Waals surface area contributed by atoms with Crippen LogP contribution in [0, 0.1) is 5.82 Å². The van der Waals surface area contributed by atoms with E-state index in [1.165, 1.54) is 12.1 Å². The van der Waals surface area contributed by atoms with Crippen molar-refractivity contribution in [3.63, 3.8) is 0 Å². The Labute approximate surface area is 180 Å². The lowest BCUT2D eigenvalue weighted by Gasteiger charge is -2.35. The van der Waals surface area contributed by atoms with E-state index in [0.717, 1.165) is 48.9 Å². The molecule has 2 aromatic rings. The lowest BCUT2D eigenvalue weighted by molar-refractivity contribution is -0.122. The molecule has 1 saturated heterocycles. The van der Waals surface area contributed by atoms with Crippen LogP contribution in [0.2, 0.25) is 0 Å². The van der Waals surface area contributed by atoms with Crippen molar-refractivity contribution in [2.45, 2.75) is 16.7 Å². The number of phenolic OH excluding ortho intramolecular Hbond substituents is 1. The number of halogens is 1. The Bertz CT molecular complexity index is 887. The molecule has 2 heterocycles. The standard InChI is InChI=1S/C22H27FN4O2S/c1-25-18-3-2-4-19(28)22(18)30-21(25)9-10-24-20(29)15-26-11-13-27(14-12-26)17-7-5-16(23)6-8-17/h2-8,21,28H,9-15H2,1H3,(H,24,29). The Kier molecular flexibility index (Phi) is 6.34. The first-order chi connectivity index (χ1) is 14.5. The van der Waals surface area contributed by atoms with Crippen molar-refractivity contribution in [1.82, 2.24) is 10.2 Å². The van der Waals surface area contributed by atoms with Gasteiger partial charge in [0.15, 0.2) is 0 Å². The van der Waals surface area contributed by atoms with Gasteiger partial charge in [-0.2, -0.15) is 0 Å². The number of carbonyl (C=O) groups excluding carboxylic acids is 1. The molecule has 0 radical (unpaired) electrons. The van der Waals surface area contributed by atoms with Crippen LogP contribution >= 0.6 is 11.8 Å². The summed E-state index contributed by atoms with van der Waals surface area (Å²) in [6.07, 6.45) is 0.805. The molecule has 4 rings (SSSR count). The molecule has 160 valence electrons. The zero-order chi connectivity index (χ0) is 21.1. The fourth-order valence-corrected chi connectivity index (χ4v) is 5.25. The van der Waals surface area contributed by atoms with Gasteiger partial charge < -0.3 is 20.2 Å². The van der Waals surface area contributed by atoms with Crippen molar-refractivity contribution in [2.75, 3.05) is 56.1 Å². The number of benzene rings is 2. The monoisotopic (exact) mass is 430 g/mol. The van der Waals surface area contributed by atoms with Gasteiger partial charge in [0.25, 0.3) is 0 Å². The van der Waals surface area contributed by atoms with Crippen LogP contribution < -0.4 is 15.1 Å². The Morgan fingerprint density at radius 1 is 1.17 bits per heavy atom. The van der Waals surface area contributed by atoms with Gasteiger partial charge in [0.05, 0.1) is 22.5 Å². The summed E-state index contributed by atoms with van der Waals surface area (Å²) >= 11 is 1.64. The van der Waals surface area contributed by atoms with Gasteiger partial charge in [0, 0.05) is 45.5 Å².